The van der Waals surface area contributed by atoms with Crippen LogP contribution in [0.5, 0.6) is 0 Å². The summed E-state index contributed by atoms with van der Waals surface area (Å²) in [7, 11) is 1.90. The Morgan fingerprint density at radius 1 is 1.11 bits per heavy atom. The number of aromatic nitrogens is 6. The van der Waals surface area contributed by atoms with Crippen LogP contribution in [0.1, 0.15) is 18.5 Å². The van der Waals surface area contributed by atoms with E-state index in [-0.39, 0.29) is 6.04 Å². The third-order valence-electron chi connectivity index (χ3n) is 4.92. The van der Waals surface area contributed by atoms with E-state index in [1.807, 2.05) is 37.6 Å². The van der Waals surface area contributed by atoms with Crippen molar-refractivity contribution in [2.24, 2.45) is 7.05 Å². The topological polar surface area (TPSA) is 84.3 Å². The van der Waals surface area contributed by atoms with E-state index in [1.54, 1.807) is 17.1 Å². The van der Waals surface area contributed by atoms with Crippen LogP contribution in [0.3, 0.4) is 0 Å². The predicted molar refractivity (Wildman–Crippen MR) is 110 cm³/mol. The minimum atomic E-state index is 0.0755. The summed E-state index contributed by atoms with van der Waals surface area (Å²) >= 11 is 0. The molecule has 3 aromatic heterocycles. The predicted octanol–water partition coefficient (Wildman–Crippen LogP) is 4.08. The van der Waals surface area contributed by atoms with E-state index < -0.39 is 0 Å². The molecule has 0 bridgehead atoms. The van der Waals surface area contributed by atoms with Gasteiger partial charge in [0.25, 0.3) is 0 Å². The highest BCUT2D eigenvalue weighted by atomic mass is 15.2. The fraction of sp³-hybridized carbons (Fsp3) is 0.143. The lowest BCUT2D eigenvalue weighted by Gasteiger charge is -2.17. The summed E-state index contributed by atoms with van der Waals surface area (Å²) in [5.74, 6) is 0. The number of rotatable bonds is 4. The second kappa shape index (κ2) is 6.45. The fourth-order valence-corrected chi connectivity index (χ4v) is 3.56. The van der Waals surface area contributed by atoms with Crippen LogP contribution < -0.4 is 5.32 Å². The molecule has 0 aliphatic rings. The maximum atomic E-state index is 4.51. The largest absolute Gasteiger partial charge is 0.378 e. The number of hydrogen-bond donors (Lipinski definition) is 2. The van der Waals surface area contributed by atoms with Gasteiger partial charge in [0.15, 0.2) is 0 Å². The number of benzene rings is 2. The number of aryl methyl sites for hydroxylation is 1. The molecule has 7 nitrogen and oxygen atoms in total. The summed E-state index contributed by atoms with van der Waals surface area (Å²) in [6.45, 7) is 2.13. The van der Waals surface area contributed by atoms with Crippen molar-refractivity contribution in [2.45, 2.75) is 13.0 Å². The molecular formula is C21H19N7. The van der Waals surface area contributed by atoms with Crippen LogP contribution in [-0.2, 0) is 7.05 Å². The van der Waals surface area contributed by atoms with Crippen LogP contribution >= 0.6 is 0 Å². The highest BCUT2D eigenvalue weighted by Crippen LogP contribution is 2.30. The number of nitrogens with zero attached hydrogens (tertiary/aromatic N) is 5. The number of aromatic amines is 1. The highest BCUT2D eigenvalue weighted by Gasteiger charge is 2.13. The Morgan fingerprint density at radius 2 is 2.00 bits per heavy atom. The van der Waals surface area contributed by atoms with E-state index in [0.29, 0.717) is 0 Å². The van der Waals surface area contributed by atoms with E-state index in [9.17, 15) is 0 Å². The van der Waals surface area contributed by atoms with Crippen LogP contribution in [0, 0.1) is 0 Å². The molecule has 0 radical (unpaired) electrons. The Morgan fingerprint density at radius 3 is 2.86 bits per heavy atom. The molecule has 28 heavy (non-hydrogen) atoms. The Balaban J connectivity index is 1.51. The van der Waals surface area contributed by atoms with E-state index >= 15 is 0 Å². The van der Waals surface area contributed by atoms with Crippen molar-refractivity contribution in [3.63, 3.8) is 0 Å². The molecule has 7 heteroatoms. The van der Waals surface area contributed by atoms with Crippen molar-refractivity contribution in [3.05, 3.63) is 66.7 Å². The second-order valence-corrected chi connectivity index (χ2v) is 6.87. The van der Waals surface area contributed by atoms with Gasteiger partial charge in [0.2, 0.25) is 0 Å². The smallest absolute Gasteiger partial charge is 0.103 e. The molecule has 0 fully saturated rings. The summed E-state index contributed by atoms with van der Waals surface area (Å²) in [6, 6.07) is 12.4. The minimum absolute atomic E-state index is 0.0755. The van der Waals surface area contributed by atoms with Gasteiger partial charge < -0.3 is 5.32 Å². The van der Waals surface area contributed by atoms with Gasteiger partial charge in [0, 0.05) is 47.8 Å². The molecule has 0 spiro atoms. The van der Waals surface area contributed by atoms with E-state index in [1.165, 1.54) is 0 Å². The van der Waals surface area contributed by atoms with Gasteiger partial charge in [0.05, 0.1) is 28.8 Å². The maximum Gasteiger partial charge on any atom is 0.103 e. The zero-order valence-corrected chi connectivity index (χ0v) is 15.6. The standard InChI is InChI=1S/C21H19N7/c1-13(16-4-3-5-19-21(16)23-9-8-22-19)25-15-6-7-18-17(10-15)20(27-26-18)14-11-24-28(2)12-14/h3-13,25H,1-2H3,(H,26,27). The monoisotopic (exact) mass is 369 g/mol. The molecule has 3 heterocycles. The normalized spacial score (nSPS) is 12.5. The van der Waals surface area contributed by atoms with Gasteiger partial charge in [-0.3, -0.25) is 19.7 Å². The molecule has 0 saturated carbocycles. The Hall–Kier alpha value is -3.74. The average molecular weight is 369 g/mol. The summed E-state index contributed by atoms with van der Waals surface area (Å²) in [5.41, 5.74) is 6.84. The third kappa shape index (κ3) is 2.77. The molecule has 138 valence electrons. The first-order valence-electron chi connectivity index (χ1n) is 9.12. The van der Waals surface area contributed by atoms with Crippen LogP contribution in [0.4, 0.5) is 5.69 Å². The molecule has 0 aliphatic heterocycles. The van der Waals surface area contributed by atoms with Crippen LogP contribution in [-0.4, -0.2) is 29.9 Å². The number of H-pyrrole nitrogens is 1. The zero-order valence-electron chi connectivity index (χ0n) is 15.6. The molecule has 2 N–H and O–H groups in total. The third-order valence-corrected chi connectivity index (χ3v) is 4.92. The van der Waals surface area contributed by atoms with E-state index in [2.05, 4.69) is 55.7 Å². The van der Waals surface area contributed by atoms with Crippen molar-refractivity contribution < 1.29 is 0 Å². The first-order valence-corrected chi connectivity index (χ1v) is 9.12. The molecule has 2 aromatic carbocycles. The van der Waals surface area contributed by atoms with Crippen molar-refractivity contribution in [1.82, 2.24) is 29.9 Å². The minimum Gasteiger partial charge on any atom is -0.378 e. The first kappa shape index (κ1) is 16.4. The lowest BCUT2D eigenvalue weighted by atomic mass is 10.1. The number of nitrogens with one attached hydrogen (secondary N) is 2. The molecular weight excluding hydrogens is 350 g/mol. The SMILES string of the molecule is CC(Nc1ccc2[nH]nc(-c3cnn(C)c3)c2c1)c1cccc2nccnc12. The van der Waals surface area contributed by atoms with Gasteiger partial charge in [-0.05, 0) is 31.2 Å². The number of para-hydroxylation sites is 1. The lowest BCUT2D eigenvalue weighted by molar-refractivity contribution is 0.768. The summed E-state index contributed by atoms with van der Waals surface area (Å²) < 4.78 is 1.78. The summed E-state index contributed by atoms with van der Waals surface area (Å²) in [6.07, 6.45) is 7.24. The Kier molecular flexibility index (Phi) is 3.79. The summed E-state index contributed by atoms with van der Waals surface area (Å²) in [4.78, 5) is 8.92. The zero-order chi connectivity index (χ0) is 19.1. The number of fused-ring (bicyclic) bond motifs is 2. The fourth-order valence-electron chi connectivity index (χ4n) is 3.56. The highest BCUT2D eigenvalue weighted by molar-refractivity contribution is 5.94. The van der Waals surface area contributed by atoms with Crippen molar-refractivity contribution in [3.8, 4) is 11.3 Å². The number of hydrogen-bond acceptors (Lipinski definition) is 5. The molecule has 5 rings (SSSR count). The molecule has 5 aromatic rings. The summed E-state index contributed by atoms with van der Waals surface area (Å²) in [5, 5.41) is 16.5. The van der Waals surface area contributed by atoms with Crippen LogP contribution in [0.15, 0.2) is 61.2 Å². The second-order valence-electron chi connectivity index (χ2n) is 6.87. The van der Waals surface area contributed by atoms with Gasteiger partial charge in [-0.15, -0.1) is 0 Å². The molecule has 0 amide bonds. The molecule has 0 aliphatic carbocycles. The van der Waals surface area contributed by atoms with Crippen LogP contribution in [0.25, 0.3) is 33.2 Å². The van der Waals surface area contributed by atoms with Crippen molar-refractivity contribution >= 4 is 27.6 Å². The first-order chi connectivity index (χ1) is 13.7. The quantitative estimate of drug-likeness (QED) is 0.499. The molecule has 1 unspecified atom stereocenters. The van der Waals surface area contributed by atoms with Gasteiger partial charge >= 0.3 is 0 Å². The average Bonchev–Trinajstić information content (AvgIpc) is 3.33. The van der Waals surface area contributed by atoms with Gasteiger partial charge in [-0.1, -0.05) is 12.1 Å². The Labute approximate surface area is 161 Å². The van der Waals surface area contributed by atoms with E-state index in [0.717, 1.165) is 44.4 Å². The molecule has 1 atom stereocenters. The van der Waals surface area contributed by atoms with Gasteiger partial charge in [-0.25, -0.2) is 0 Å². The van der Waals surface area contributed by atoms with Gasteiger partial charge in [0.1, 0.15) is 5.69 Å². The van der Waals surface area contributed by atoms with Crippen molar-refractivity contribution in [1.29, 1.82) is 0 Å². The van der Waals surface area contributed by atoms with Crippen LogP contribution in [0.2, 0.25) is 0 Å². The van der Waals surface area contributed by atoms with Gasteiger partial charge in [-0.2, -0.15) is 10.2 Å². The van der Waals surface area contributed by atoms with Crippen molar-refractivity contribution in [2.75, 3.05) is 5.32 Å². The lowest BCUT2D eigenvalue weighted by Crippen LogP contribution is -2.07. The maximum absolute atomic E-state index is 4.51. The van der Waals surface area contributed by atoms with E-state index in [4.69, 9.17) is 0 Å². The Bertz CT molecular complexity index is 1280. The number of anilines is 1. The molecule has 0 saturated heterocycles.